The van der Waals surface area contributed by atoms with Crippen LogP contribution in [-0.2, 0) is 14.3 Å². The topological polar surface area (TPSA) is 46.6 Å². The second-order valence-corrected chi connectivity index (χ2v) is 3.43. The second-order valence-electron chi connectivity index (χ2n) is 3.43. The molecule has 0 radical (unpaired) electrons. The van der Waals surface area contributed by atoms with Crippen LogP contribution in [0.2, 0.25) is 0 Å². The molecule has 0 aliphatic carbocycles. The standard InChI is InChI=1S/C10H17NO3.ClH/c1-3-11-6-5-8(9(12)7-11)10(13)14-4-2;/h8H,3-7H2,1-2H3;1H. The van der Waals surface area contributed by atoms with Crippen LogP contribution in [-0.4, -0.2) is 42.9 Å². The van der Waals surface area contributed by atoms with Gasteiger partial charge in [0.15, 0.2) is 5.78 Å². The van der Waals surface area contributed by atoms with Crippen molar-refractivity contribution in [3.05, 3.63) is 0 Å². The summed E-state index contributed by atoms with van der Waals surface area (Å²) in [7, 11) is 0. The molecule has 0 saturated carbocycles. The molecular weight excluding hydrogens is 218 g/mol. The maximum atomic E-state index is 11.5. The number of Topliss-reactive ketones (excluding diaryl/α,β-unsaturated/α-hetero) is 1. The number of likely N-dealkylation sites (tertiary alicyclic amines) is 1. The van der Waals surface area contributed by atoms with Gasteiger partial charge >= 0.3 is 5.97 Å². The van der Waals surface area contributed by atoms with Gasteiger partial charge in [0.1, 0.15) is 5.92 Å². The first-order valence-electron chi connectivity index (χ1n) is 5.10. The molecule has 5 heteroatoms. The second kappa shape index (κ2) is 6.80. The van der Waals surface area contributed by atoms with E-state index in [1.165, 1.54) is 0 Å². The highest BCUT2D eigenvalue weighted by Crippen LogP contribution is 2.15. The molecule has 1 aliphatic rings. The first-order valence-corrected chi connectivity index (χ1v) is 5.10. The first kappa shape index (κ1) is 14.4. The van der Waals surface area contributed by atoms with Crippen LogP contribution < -0.4 is 0 Å². The van der Waals surface area contributed by atoms with Crippen molar-refractivity contribution in [2.45, 2.75) is 20.3 Å². The molecule has 1 aliphatic heterocycles. The number of likely N-dealkylation sites (N-methyl/N-ethyl adjacent to an activating group) is 1. The predicted molar refractivity (Wildman–Crippen MR) is 59.1 cm³/mol. The number of rotatable bonds is 3. The smallest absolute Gasteiger partial charge is 0.316 e. The number of hydrogen-bond acceptors (Lipinski definition) is 4. The Morgan fingerprint density at radius 1 is 1.53 bits per heavy atom. The minimum absolute atomic E-state index is 0. The lowest BCUT2D eigenvalue weighted by Gasteiger charge is -2.28. The maximum Gasteiger partial charge on any atom is 0.316 e. The average molecular weight is 236 g/mol. The van der Waals surface area contributed by atoms with Crippen molar-refractivity contribution in [1.82, 2.24) is 4.90 Å². The van der Waals surface area contributed by atoms with Gasteiger partial charge in [-0.05, 0) is 26.4 Å². The summed E-state index contributed by atoms with van der Waals surface area (Å²) in [4.78, 5) is 24.9. The van der Waals surface area contributed by atoms with Gasteiger partial charge in [0, 0.05) is 0 Å². The van der Waals surface area contributed by atoms with Crippen molar-refractivity contribution < 1.29 is 14.3 Å². The zero-order chi connectivity index (χ0) is 10.6. The summed E-state index contributed by atoms with van der Waals surface area (Å²) in [5, 5.41) is 0. The number of carbonyl (C=O) groups excluding carboxylic acids is 2. The molecule has 0 amide bonds. The van der Waals surface area contributed by atoms with Gasteiger partial charge in [0.2, 0.25) is 0 Å². The van der Waals surface area contributed by atoms with Crippen molar-refractivity contribution >= 4 is 24.2 Å². The van der Waals surface area contributed by atoms with Gasteiger partial charge in [-0.1, -0.05) is 6.92 Å². The summed E-state index contributed by atoms with van der Waals surface area (Å²) in [5.41, 5.74) is 0. The van der Waals surface area contributed by atoms with Gasteiger partial charge in [-0.15, -0.1) is 12.4 Å². The Hall–Kier alpha value is -0.610. The molecule has 1 unspecified atom stereocenters. The average Bonchev–Trinajstić information content (AvgIpc) is 2.17. The van der Waals surface area contributed by atoms with E-state index in [9.17, 15) is 9.59 Å². The molecule has 0 aromatic rings. The van der Waals surface area contributed by atoms with Crippen LogP contribution in [0.15, 0.2) is 0 Å². The highest BCUT2D eigenvalue weighted by Gasteiger charge is 2.32. The summed E-state index contributed by atoms with van der Waals surface area (Å²) >= 11 is 0. The van der Waals surface area contributed by atoms with Gasteiger partial charge in [-0.25, -0.2) is 0 Å². The number of halogens is 1. The normalized spacial score (nSPS) is 22.0. The van der Waals surface area contributed by atoms with E-state index >= 15 is 0 Å². The molecule has 0 aromatic carbocycles. The molecule has 88 valence electrons. The minimum atomic E-state index is -0.516. The number of nitrogens with zero attached hydrogens (tertiary/aromatic N) is 1. The summed E-state index contributed by atoms with van der Waals surface area (Å²) in [6.07, 6.45) is 0.603. The van der Waals surface area contributed by atoms with Crippen molar-refractivity contribution in [2.75, 3.05) is 26.2 Å². The Balaban J connectivity index is 0.00000196. The maximum absolute atomic E-state index is 11.5. The summed E-state index contributed by atoms with van der Waals surface area (Å²) in [5.74, 6) is -0.873. The minimum Gasteiger partial charge on any atom is -0.465 e. The SMILES string of the molecule is CCOC(=O)C1CCN(CC)CC1=O.Cl. The van der Waals surface area contributed by atoms with E-state index in [-0.39, 0.29) is 24.2 Å². The number of piperidine rings is 1. The third kappa shape index (κ3) is 3.80. The number of esters is 1. The summed E-state index contributed by atoms with van der Waals surface area (Å²) < 4.78 is 4.84. The lowest BCUT2D eigenvalue weighted by Crippen LogP contribution is -2.43. The van der Waals surface area contributed by atoms with Crippen LogP contribution in [0.4, 0.5) is 0 Å². The van der Waals surface area contributed by atoms with Gasteiger partial charge in [-0.3, -0.25) is 14.5 Å². The zero-order valence-corrected chi connectivity index (χ0v) is 10.0. The van der Waals surface area contributed by atoms with Crippen LogP contribution in [0.3, 0.4) is 0 Å². The monoisotopic (exact) mass is 235 g/mol. The van der Waals surface area contributed by atoms with E-state index in [1.54, 1.807) is 6.92 Å². The van der Waals surface area contributed by atoms with Crippen LogP contribution >= 0.6 is 12.4 Å². The fourth-order valence-corrected chi connectivity index (χ4v) is 1.64. The highest BCUT2D eigenvalue weighted by molar-refractivity contribution is 6.00. The van der Waals surface area contributed by atoms with Crippen LogP contribution in [0.5, 0.6) is 0 Å². The zero-order valence-electron chi connectivity index (χ0n) is 9.19. The fourth-order valence-electron chi connectivity index (χ4n) is 1.64. The molecule has 1 fully saturated rings. The fraction of sp³-hybridized carbons (Fsp3) is 0.800. The van der Waals surface area contributed by atoms with E-state index < -0.39 is 5.92 Å². The number of ether oxygens (including phenoxy) is 1. The lowest BCUT2D eigenvalue weighted by molar-refractivity contribution is -0.153. The van der Waals surface area contributed by atoms with Crippen molar-refractivity contribution in [2.24, 2.45) is 5.92 Å². The van der Waals surface area contributed by atoms with E-state index in [0.29, 0.717) is 19.6 Å². The van der Waals surface area contributed by atoms with Gasteiger partial charge in [0.25, 0.3) is 0 Å². The third-order valence-electron chi connectivity index (χ3n) is 2.52. The molecule has 15 heavy (non-hydrogen) atoms. The van der Waals surface area contributed by atoms with Gasteiger partial charge < -0.3 is 4.74 Å². The quantitative estimate of drug-likeness (QED) is 0.538. The van der Waals surface area contributed by atoms with E-state index in [2.05, 4.69) is 0 Å². The molecule has 0 spiro atoms. The van der Waals surface area contributed by atoms with Gasteiger partial charge in [0.05, 0.1) is 13.2 Å². The Bertz CT molecular complexity index is 233. The van der Waals surface area contributed by atoms with Crippen molar-refractivity contribution in [3.63, 3.8) is 0 Å². The summed E-state index contributed by atoms with van der Waals surface area (Å²) in [6.45, 7) is 6.18. The van der Waals surface area contributed by atoms with E-state index in [0.717, 1.165) is 13.1 Å². The molecule has 1 rings (SSSR count). The summed E-state index contributed by atoms with van der Waals surface area (Å²) in [6, 6.07) is 0. The molecule has 1 atom stereocenters. The van der Waals surface area contributed by atoms with E-state index in [4.69, 9.17) is 4.74 Å². The van der Waals surface area contributed by atoms with E-state index in [1.807, 2.05) is 11.8 Å². The number of hydrogen-bond donors (Lipinski definition) is 0. The van der Waals surface area contributed by atoms with Gasteiger partial charge in [-0.2, -0.15) is 0 Å². The van der Waals surface area contributed by atoms with Crippen LogP contribution in [0.1, 0.15) is 20.3 Å². The highest BCUT2D eigenvalue weighted by atomic mass is 35.5. The van der Waals surface area contributed by atoms with Crippen molar-refractivity contribution in [3.8, 4) is 0 Å². The Morgan fingerprint density at radius 3 is 2.67 bits per heavy atom. The molecule has 4 nitrogen and oxygen atoms in total. The number of carbonyl (C=O) groups is 2. The van der Waals surface area contributed by atoms with Crippen LogP contribution in [0, 0.1) is 5.92 Å². The molecule has 1 heterocycles. The van der Waals surface area contributed by atoms with Crippen LogP contribution in [0.25, 0.3) is 0 Å². The lowest BCUT2D eigenvalue weighted by atomic mass is 9.96. The number of ketones is 1. The molecule has 1 saturated heterocycles. The largest absolute Gasteiger partial charge is 0.465 e. The van der Waals surface area contributed by atoms with Crippen molar-refractivity contribution in [1.29, 1.82) is 0 Å². The Morgan fingerprint density at radius 2 is 2.20 bits per heavy atom. The Labute approximate surface area is 96.4 Å². The predicted octanol–water partition coefficient (Wildman–Crippen LogP) is 0.882. The molecule has 0 aromatic heterocycles. The molecular formula is C10H18ClNO3. The molecule has 0 N–H and O–H groups in total. The Kier molecular flexibility index (Phi) is 6.52. The molecule has 0 bridgehead atoms. The third-order valence-corrected chi connectivity index (χ3v) is 2.52. The first-order chi connectivity index (χ1) is 6.69.